The summed E-state index contributed by atoms with van der Waals surface area (Å²) in [6.07, 6.45) is 1.88. The highest BCUT2D eigenvalue weighted by atomic mass is 35.5. The van der Waals surface area contributed by atoms with Gasteiger partial charge in [0.15, 0.2) is 0 Å². The van der Waals surface area contributed by atoms with Crippen molar-refractivity contribution >= 4 is 18.3 Å². The molecule has 118 valence electrons. The number of benzene rings is 1. The number of carbonyl (C=O) groups excluding carboxylic acids is 1. The Labute approximate surface area is 128 Å². The number of hydrogen-bond acceptors (Lipinski definition) is 3. The zero-order chi connectivity index (χ0) is 14.5. The first-order valence-electron chi connectivity index (χ1n) is 6.65. The van der Waals surface area contributed by atoms with Gasteiger partial charge in [-0.3, -0.25) is 4.79 Å². The average Bonchev–Trinajstić information content (AvgIpc) is 2.46. The van der Waals surface area contributed by atoms with Crippen molar-refractivity contribution in [2.45, 2.75) is 19.5 Å². The predicted octanol–water partition coefficient (Wildman–Crippen LogP) is 2.52. The summed E-state index contributed by atoms with van der Waals surface area (Å²) in [6, 6.07) is 6.08. The first-order valence-corrected chi connectivity index (χ1v) is 6.65. The first-order chi connectivity index (χ1) is 9.61. The number of likely N-dealkylation sites (tertiary alicyclic amines) is 1. The molecular weight excluding hydrogens is 302 g/mol. The molecule has 2 N–H and O–H groups in total. The van der Waals surface area contributed by atoms with E-state index >= 15 is 0 Å². The van der Waals surface area contributed by atoms with Crippen LogP contribution in [-0.4, -0.2) is 37.1 Å². The van der Waals surface area contributed by atoms with Crippen molar-refractivity contribution in [1.29, 1.82) is 0 Å². The Balaban J connectivity index is 0.00000220. The summed E-state index contributed by atoms with van der Waals surface area (Å²) in [5, 5.41) is 0. The number of nitrogens with two attached hydrogens (primary N) is 1. The summed E-state index contributed by atoms with van der Waals surface area (Å²) in [7, 11) is 0. The molecule has 1 amide bonds. The van der Waals surface area contributed by atoms with Crippen molar-refractivity contribution in [3.63, 3.8) is 0 Å². The molecule has 1 saturated heterocycles. The van der Waals surface area contributed by atoms with Gasteiger partial charge >= 0.3 is 6.61 Å². The van der Waals surface area contributed by atoms with Gasteiger partial charge in [-0.1, -0.05) is 12.1 Å². The maximum atomic E-state index is 12.4. The topological polar surface area (TPSA) is 55.6 Å². The number of carbonyl (C=O) groups is 1. The molecule has 1 aromatic rings. The molecule has 0 aliphatic carbocycles. The number of nitrogens with zero attached hydrogens (tertiary/aromatic N) is 1. The molecular formula is C14H19ClF2N2O2. The predicted molar refractivity (Wildman–Crippen MR) is 78.0 cm³/mol. The van der Waals surface area contributed by atoms with Crippen LogP contribution in [0.25, 0.3) is 0 Å². The third kappa shape index (κ3) is 4.54. The third-order valence-electron chi connectivity index (χ3n) is 3.47. The van der Waals surface area contributed by atoms with E-state index in [1.165, 1.54) is 12.1 Å². The van der Waals surface area contributed by atoms with Crippen LogP contribution in [0.4, 0.5) is 8.78 Å². The van der Waals surface area contributed by atoms with Gasteiger partial charge in [-0.2, -0.15) is 8.78 Å². The lowest BCUT2D eigenvalue weighted by Crippen LogP contribution is -2.42. The highest BCUT2D eigenvalue weighted by Crippen LogP contribution is 2.24. The third-order valence-corrected chi connectivity index (χ3v) is 3.47. The van der Waals surface area contributed by atoms with Gasteiger partial charge in [0.05, 0.1) is 5.56 Å². The lowest BCUT2D eigenvalue weighted by molar-refractivity contribution is -0.0503. The normalized spacial score (nSPS) is 18.3. The van der Waals surface area contributed by atoms with Crippen molar-refractivity contribution in [1.82, 2.24) is 4.90 Å². The lowest BCUT2D eigenvalue weighted by atomic mass is 9.97. The molecule has 1 aliphatic rings. The van der Waals surface area contributed by atoms with E-state index in [-0.39, 0.29) is 35.5 Å². The Morgan fingerprint density at radius 2 is 2.14 bits per heavy atom. The van der Waals surface area contributed by atoms with Crippen molar-refractivity contribution in [3.05, 3.63) is 29.8 Å². The molecule has 1 heterocycles. The quantitative estimate of drug-likeness (QED) is 0.927. The number of ether oxygens (including phenoxy) is 1. The van der Waals surface area contributed by atoms with Crippen LogP contribution in [0.15, 0.2) is 24.3 Å². The fourth-order valence-corrected chi connectivity index (χ4v) is 2.45. The molecule has 1 aromatic carbocycles. The molecule has 7 heteroatoms. The Hall–Kier alpha value is -1.40. The van der Waals surface area contributed by atoms with Gasteiger partial charge in [0.25, 0.3) is 5.91 Å². The number of amides is 1. The summed E-state index contributed by atoms with van der Waals surface area (Å²) >= 11 is 0. The molecule has 2 rings (SSSR count). The monoisotopic (exact) mass is 320 g/mol. The van der Waals surface area contributed by atoms with Gasteiger partial charge in [-0.15, -0.1) is 12.4 Å². The first kappa shape index (κ1) is 17.7. The van der Waals surface area contributed by atoms with Gasteiger partial charge in [0.2, 0.25) is 0 Å². The van der Waals surface area contributed by atoms with Crippen molar-refractivity contribution in [2.75, 3.05) is 19.6 Å². The smallest absolute Gasteiger partial charge is 0.387 e. The molecule has 0 bridgehead atoms. The number of hydrogen-bond donors (Lipinski definition) is 1. The van der Waals surface area contributed by atoms with Gasteiger partial charge in [-0.05, 0) is 37.4 Å². The molecule has 0 aromatic heterocycles. The highest BCUT2D eigenvalue weighted by Gasteiger charge is 2.26. The Morgan fingerprint density at radius 3 is 2.81 bits per heavy atom. The van der Waals surface area contributed by atoms with E-state index in [1.807, 2.05) is 0 Å². The standard InChI is InChI=1S/C14H18F2N2O2.ClH/c15-14(16)20-12-6-2-1-5-11(12)13(19)18-7-3-4-10(8-17)9-18;/h1-2,5-6,10,14H,3-4,7-9,17H2;1H. The summed E-state index contributed by atoms with van der Waals surface area (Å²) in [4.78, 5) is 14.1. The maximum absolute atomic E-state index is 12.4. The van der Waals surface area contributed by atoms with E-state index in [2.05, 4.69) is 4.74 Å². The fourth-order valence-electron chi connectivity index (χ4n) is 2.45. The second kappa shape index (κ2) is 8.14. The van der Waals surface area contributed by atoms with E-state index < -0.39 is 6.61 Å². The minimum absolute atomic E-state index is 0. The van der Waals surface area contributed by atoms with Crippen LogP contribution in [-0.2, 0) is 0 Å². The highest BCUT2D eigenvalue weighted by molar-refractivity contribution is 5.97. The number of alkyl halides is 2. The van der Waals surface area contributed by atoms with Gasteiger partial charge in [0.1, 0.15) is 5.75 Å². The minimum Gasteiger partial charge on any atom is -0.434 e. The second-order valence-electron chi connectivity index (χ2n) is 4.87. The molecule has 1 aliphatic heterocycles. The number of piperidine rings is 1. The molecule has 1 fully saturated rings. The van der Waals surface area contributed by atoms with Crippen LogP contribution in [0.1, 0.15) is 23.2 Å². The number of halogens is 3. The Morgan fingerprint density at radius 1 is 1.43 bits per heavy atom. The van der Waals surface area contributed by atoms with Gasteiger partial charge in [-0.25, -0.2) is 0 Å². The number of para-hydroxylation sites is 1. The van der Waals surface area contributed by atoms with Crippen molar-refractivity contribution in [2.24, 2.45) is 11.7 Å². The van der Waals surface area contributed by atoms with Crippen LogP contribution < -0.4 is 10.5 Å². The van der Waals surface area contributed by atoms with E-state index in [9.17, 15) is 13.6 Å². The largest absolute Gasteiger partial charge is 0.434 e. The average molecular weight is 321 g/mol. The lowest BCUT2D eigenvalue weighted by Gasteiger charge is -2.32. The molecule has 1 atom stereocenters. The summed E-state index contributed by atoms with van der Waals surface area (Å²) in [6.45, 7) is -1.22. The number of rotatable bonds is 4. The Bertz CT molecular complexity index is 474. The van der Waals surface area contributed by atoms with E-state index in [0.29, 0.717) is 19.6 Å². The van der Waals surface area contributed by atoms with Crippen LogP contribution in [0.5, 0.6) is 5.75 Å². The summed E-state index contributed by atoms with van der Waals surface area (Å²) < 4.78 is 29.1. The molecule has 0 radical (unpaired) electrons. The molecule has 0 saturated carbocycles. The van der Waals surface area contributed by atoms with Crippen molar-refractivity contribution in [3.8, 4) is 5.75 Å². The van der Waals surface area contributed by atoms with Crippen LogP contribution >= 0.6 is 12.4 Å². The van der Waals surface area contributed by atoms with Crippen LogP contribution in [0, 0.1) is 5.92 Å². The second-order valence-corrected chi connectivity index (χ2v) is 4.87. The summed E-state index contributed by atoms with van der Waals surface area (Å²) in [5.41, 5.74) is 5.81. The van der Waals surface area contributed by atoms with Crippen LogP contribution in [0.3, 0.4) is 0 Å². The molecule has 21 heavy (non-hydrogen) atoms. The molecule has 0 spiro atoms. The molecule has 1 unspecified atom stereocenters. The van der Waals surface area contributed by atoms with E-state index in [4.69, 9.17) is 5.73 Å². The van der Waals surface area contributed by atoms with Gasteiger partial charge in [0, 0.05) is 13.1 Å². The summed E-state index contributed by atoms with van der Waals surface area (Å²) in [5.74, 6) is -0.0855. The van der Waals surface area contributed by atoms with Gasteiger partial charge < -0.3 is 15.4 Å². The minimum atomic E-state index is -2.94. The Kier molecular flexibility index (Phi) is 6.84. The van der Waals surface area contributed by atoms with E-state index in [0.717, 1.165) is 12.8 Å². The SMILES string of the molecule is Cl.NCC1CCCN(C(=O)c2ccccc2OC(F)F)C1. The zero-order valence-electron chi connectivity index (χ0n) is 11.5. The fraction of sp³-hybridized carbons (Fsp3) is 0.500. The maximum Gasteiger partial charge on any atom is 0.387 e. The zero-order valence-corrected chi connectivity index (χ0v) is 12.3. The van der Waals surface area contributed by atoms with E-state index in [1.54, 1.807) is 17.0 Å². The van der Waals surface area contributed by atoms with Crippen molar-refractivity contribution < 1.29 is 18.3 Å². The molecule has 4 nitrogen and oxygen atoms in total. The van der Waals surface area contributed by atoms with Crippen LogP contribution in [0.2, 0.25) is 0 Å².